The first-order chi connectivity index (χ1) is 8.54. The molecule has 5 nitrogen and oxygen atoms in total. The predicted molar refractivity (Wildman–Crippen MR) is 67.7 cm³/mol. The van der Waals surface area contributed by atoms with E-state index in [9.17, 15) is 4.79 Å². The zero-order chi connectivity index (χ0) is 13.3. The molecular weight excluding hydrogens is 254 g/mol. The highest BCUT2D eigenvalue weighted by Crippen LogP contribution is 2.27. The molecule has 0 aliphatic carbocycles. The fraction of sp³-hybridized carbons (Fsp3) is 0.250. The molecule has 0 saturated heterocycles. The van der Waals surface area contributed by atoms with Gasteiger partial charge in [-0.3, -0.25) is 4.79 Å². The lowest BCUT2D eigenvalue weighted by atomic mass is 10.2. The van der Waals surface area contributed by atoms with Crippen LogP contribution in [0.3, 0.4) is 0 Å². The van der Waals surface area contributed by atoms with Crippen LogP contribution in [0.2, 0.25) is 5.02 Å². The van der Waals surface area contributed by atoms with Crippen LogP contribution in [-0.4, -0.2) is 27.9 Å². The van der Waals surface area contributed by atoms with Gasteiger partial charge in [-0.1, -0.05) is 16.8 Å². The zero-order valence-corrected chi connectivity index (χ0v) is 11.0. The Kier molecular flexibility index (Phi) is 3.34. The van der Waals surface area contributed by atoms with Gasteiger partial charge in [0, 0.05) is 13.0 Å². The summed E-state index contributed by atoms with van der Waals surface area (Å²) in [5.74, 6) is 0.438. The van der Waals surface area contributed by atoms with Gasteiger partial charge in [0.05, 0.1) is 23.5 Å². The molecule has 0 spiro atoms. The van der Waals surface area contributed by atoms with Gasteiger partial charge in [-0.15, -0.1) is 5.10 Å². The molecule has 1 aromatic heterocycles. The molecule has 0 aliphatic rings. The molecule has 0 fully saturated rings. The second kappa shape index (κ2) is 4.78. The van der Waals surface area contributed by atoms with Crippen LogP contribution in [0.4, 0.5) is 0 Å². The lowest BCUT2D eigenvalue weighted by Crippen LogP contribution is -2.01. The number of benzene rings is 1. The maximum absolute atomic E-state index is 11.3. The molecule has 1 aromatic carbocycles. The third-order valence-electron chi connectivity index (χ3n) is 2.61. The van der Waals surface area contributed by atoms with E-state index in [2.05, 4.69) is 10.3 Å². The van der Waals surface area contributed by atoms with Gasteiger partial charge in [0.1, 0.15) is 5.75 Å². The van der Waals surface area contributed by atoms with Gasteiger partial charge >= 0.3 is 0 Å². The molecule has 0 aliphatic heterocycles. The van der Waals surface area contributed by atoms with Gasteiger partial charge in [-0.25, -0.2) is 4.68 Å². The summed E-state index contributed by atoms with van der Waals surface area (Å²) >= 11 is 5.95. The fourth-order valence-electron chi connectivity index (χ4n) is 1.68. The van der Waals surface area contributed by atoms with Crippen LogP contribution in [0.1, 0.15) is 23.1 Å². The van der Waals surface area contributed by atoms with Gasteiger partial charge < -0.3 is 4.74 Å². The van der Waals surface area contributed by atoms with Crippen molar-refractivity contribution in [3.63, 3.8) is 0 Å². The van der Waals surface area contributed by atoms with Crippen molar-refractivity contribution in [1.82, 2.24) is 15.0 Å². The number of halogens is 1. The molecule has 0 unspecified atom stereocenters. The van der Waals surface area contributed by atoms with E-state index in [0.717, 1.165) is 5.69 Å². The second-order valence-electron chi connectivity index (χ2n) is 3.81. The smallest absolute Gasteiger partial charge is 0.181 e. The number of Topliss-reactive ketones (excluding diaryl/α,β-unsaturated/α-hetero) is 1. The molecule has 0 radical (unpaired) electrons. The number of ketones is 1. The first kappa shape index (κ1) is 12.6. The highest BCUT2D eigenvalue weighted by Gasteiger charge is 2.14. The number of nitrogens with zero attached hydrogens (tertiary/aromatic N) is 3. The molecule has 2 aromatic rings. The number of rotatable bonds is 3. The number of methoxy groups -OCH3 is 1. The molecule has 94 valence electrons. The van der Waals surface area contributed by atoms with E-state index in [-0.39, 0.29) is 5.78 Å². The topological polar surface area (TPSA) is 57.0 Å². The van der Waals surface area contributed by atoms with Crippen LogP contribution >= 0.6 is 11.6 Å². The minimum absolute atomic E-state index is 0.111. The lowest BCUT2D eigenvalue weighted by molar-refractivity contribution is 0.101. The molecular formula is C12H12ClN3O2. The molecule has 18 heavy (non-hydrogen) atoms. The summed E-state index contributed by atoms with van der Waals surface area (Å²) in [6, 6.07) is 5.24. The number of carbonyl (C=O) groups excluding carboxylic acids is 1. The SMILES string of the molecule is COc1cc(-n2nnc(C(C)=O)c2C)ccc1Cl. The third-order valence-corrected chi connectivity index (χ3v) is 2.92. The van der Waals surface area contributed by atoms with E-state index in [1.165, 1.54) is 6.92 Å². The van der Waals surface area contributed by atoms with E-state index in [0.29, 0.717) is 22.2 Å². The molecule has 1 heterocycles. The van der Waals surface area contributed by atoms with Gasteiger partial charge in [-0.05, 0) is 19.1 Å². The Morgan fingerprint density at radius 3 is 2.72 bits per heavy atom. The standard InChI is InChI=1S/C12H12ClN3O2/c1-7-12(8(2)17)14-15-16(7)9-4-5-10(13)11(6-9)18-3/h4-6H,1-3H3. The summed E-state index contributed by atoms with van der Waals surface area (Å²) in [5, 5.41) is 8.34. The Morgan fingerprint density at radius 2 is 2.17 bits per heavy atom. The zero-order valence-electron chi connectivity index (χ0n) is 10.3. The van der Waals surface area contributed by atoms with Crippen molar-refractivity contribution < 1.29 is 9.53 Å². The van der Waals surface area contributed by atoms with E-state index in [1.807, 2.05) is 0 Å². The van der Waals surface area contributed by atoms with Crippen LogP contribution in [0.25, 0.3) is 5.69 Å². The molecule has 0 bridgehead atoms. The monoisotopic (exact) mass is 265 g/mol. The van der Waals surface area contributed by atoms with Crippen molar-refractivity contribution in [1.29, 1.82) is 0 Å². The van der Waals surface area contributed by atoms with Gasteiger partial charge in [-0.2, -0.15) is 0 Å². The largest absolute Gasteiger partial charge is 0.495 e. The van der Waals surface area contributed by atoms with Crippen molar-refractivity contribution in [3.8, 4) is 11.4 Å². The Morgan fingerprint density at radius 1 is 1.44 bits per heavy atom. The maximum Gasteiger partial charge on any atom is 0.181 e. The number of aromatic nitrogens is 3. The average Bonchev–Trinajstić information content (AvgIpc) is 2.72. The third kappa shape index (κ3) is 2.09. The van der Waals surface area contributed by atoms with Crippen molar-refractivity contribution in [3.05, 3.63) is 34.6 Å². The average molecular weight is 266 g/mol. The molecule has 6 heteroatoms. The molecule has 2 rings (SSSR count). The summed E-state index contributed by atoms with van der Waals surface area (Å²) < 4.78 is 6.72. The summed E-state index contributed by atoms with van der Waals surface area (Å²) in [7, 11) is 1.54. The summed E-state index contributed by atoms with van der Waals surface area (Å²) in [5.41, 5.74) is 1.80. The molecule has 0 amide bonds. The highest BCUT2D eigenvalue weighted by molar-refractivity contribution is 6.32. The number of hydrogen-bond acceptors (Lipinski definition) is 4. The minimum Gasteiger partial charge on any atom is -0.495 e. The number of ether oxygens (including phenoxy) is 1. The van der Waals surface area contributed by atoms with Crippen LogP contribution in [0, 0.1) is 6.92 Å². The van der Waals surface area contributed by atoms with Gasteiger partial charge in [0.15, 0.2) is 11.5 Å². The number of carbonyl (C=O) groups is 1. The summed E-state index contributed by atoms with van der Waals surface area (Å²) in [6.45, 7) is 3.25. The fourth-order valence-corrected chi connectivity index (χ4v) is 1.87. The van der Waals surface area contributed by atoms with Crippen LogP contribution < -0.4 is 4.74 Å². The van der Waals surface area contributed by atoms with E-state index in [1.54, 1.807) is 36.9 Å². The maximum atomic E-state index is 11.3. The van der Waals surface area contributed by atoms with E-state index < -0.39 is 0 Å². The van der Waals surface area contributed by atoms with Gasteiger partial charge in [0.25, 0.3) is 0 Å². The van der Waals surface area contributed by atoms with Crippen LogP contribution in [0.5, 0.6) is 5.75 Å². The summed E-state index contributed by atoms with van der Waals surface area (Å²) in [6.07, 6.45) is 0. The first-order valence-corrected chi connectivity index (χ1v) is 5.69. The Bertz CT molecular complexity index is 607. The molecule has 0 N–H and O–H groups in total. The number of hydrogen-bond donors (Lipinski definition) is 0. The second-order valence-corrected chi connectivity index (χ2v) is 4.22. The minimum atomic E-state index is -0.111. The summed E-state index contributed by atoms with van der Waals surface area (Å²) in [4.78, 5) is 11.3. The Labute approximate surface area is 109 Å². The molecule has 0 saturated carbocycles. The van der Waals surface area contributed by atoms with Crippen molar-refractivity contribution in [2.75, 3.05) is 7.11 Å². The lowest BCUT2D eigenvalue weighted by Gasteiger charge is -2.07. The van der Waals surface area contributed by atoms with Crippen LogP contribution in [-0.2, 0) is 0 Å². The van der Waals surface area contributed by atoms with E-state index in [4.69, 9.17) is 16.3 Å². The molecule has 0 atom stereocenters. The highest BCUT2D eigenvalue weighted by atomic mass is 35.5. The van der Waals surface area contributed by atoms with E-state index >= 15 is 0 Å². The van der Waals surface area contributed by atoms with Crippen LogP contribution in [0.15, 0.2) is 18.2 Å². The predicted octanol–water partition coefficient (Wildman–Crippen LogP) is 2.44. The van der Waals surface area contributed by atoms with Crippen molar-refractivity contribution in [2.45, 2.75) is 13.8 Å². The quantitative estimate of drug-likeness (QED) is 0.800. The Balaban J connectivity index is 2.52. The normalized spacial score (nSPS) is 10.4. The Hall–Kier alpha value is -1.88. The van der Waals surface area contributed by atoms with Crippen molar-refractivity contribution >= 4 is 17.4 Å². The van der Waals surface area contributed by atoms with Gasteiger partial charge in [0.2, 0.25) is 0 Å². The van der Waals surface area contributed by atoms with Crippen molar-refractivity contribution in [2.24, 2.45) is 0 Å². The first-order valence-electron chi connectivity index (χ1n) is 5.31.